The van der Waals surface area contributed by atoms with Crippen LogP contribution in [-0.4, -0.2) is 31.5 Å². The average molecular weight is 292 g/mol. The molecule has 100 valence electrons. The van der Waals surface area contributed by atoms with Gasteiger partial charge in [-0.2, -0.15) is 4.31 Å². The van der Waals surface area contributed by atoms with Crippen LogP contribution in [0.2, 0.25) is 5.02 Å². The number of alkyl halides is 1. The van der Waals surface area contributed by atoms with E-state index in [0.29, 0.717) is 5.02 Å². The second-order valence-electron chi connectivity index (χ2n) is 4.77. The van der Waals surface area contributed by atoms with E-state index in [1.54, 1.807) is 0 Å². The standard InChI is InChI=1S/C12H15ClFNO2S/c1-12(14)6-8-15(9-7-12)18(16,17)11-4-2-10(13)3-5-11/h2-5H,6-9H2,1H3. The summed E-state index contributed by atoms with van der Waals surface area (Å²) >= 11 is 5.73. The molecule has 0 spiro atoms. The quantitative estimate of drug-likeness (QED) is 0.840. The summed E-state index contributed by atoms with van der Waals surface area (Å²) < 4.78 is 39.5. The predicted molar refractivity (Wildman–Crippen MR) is 69.0 cm³/mol. The SMILES string of the molecule is CC1(F)CCN(S(=O)(=O)c2ccc(Cl)cc2)CC1. The lowest BCUT2D eigenvalue weighted by Gasteiger charge is -2.33. The minimum absolute atomic E-state index is 0.203. The van der Waals surface area contributed by atoms with Gasteiger partial charge >= 0.3 is 0 Å². The van der Waals surface area contributed by atoms with Crippen molar-refractivity contribution in [3.63, 3.8) is 0 Å². The maximum absolute atomic E-state index is 13.6. The average Bonchev–Trinajstić information content (AvgIpc) is 2.29. The van der Waals surface area contributed by atoms with Gasteiger partial charge in [0.15, 0.2) is 0 Å². The van der Waals surface area contributed by atoms with Gasteiger partial charge < -0.3 is 0 Å². The Kier molecular flexibility index (Phi) is 3.67. The fourth-order valence-electron chi connectivity index (χ4n) is 1.95. The zero-order chi connectivity index (χ0) is 13.4. The van der Waals surface area contributed by atoms with Gasteiger partial charge in [-0.25, -0.2) is 12.8 Å². The maximum Gasteiger partial charge on any atom is 0.243 e. The minimum atomic E-state index is -3.52. The summed E-state index contributed by atoms with van der Waals surface area (Å²) in [7, 11) is -3.52. The highest BCUT2D eigenvalue weighted by molar-refractivity contribution is 7.89. The van der Waals surface area contributed by atoms with Crippen LogP contribution in [0.25, 0.3) is 0 Å². The topological polar surface area (TPSA) is 37.4 Å². The smallest absolute Gasteiger partial charge is 0.243 e. The molecule has 0 N–H and O–H groups in total. The van der Waals surface area contributed by atoms with Gasteiger partial charge in [-0.05, 0) is 44.0 Å². The number of nitrogens with zero attached hydrogens (tertiary/aromatic N) is 1. The molecule has 18 heavy (non-hydrogen) atoms. The van der Waals surface area contributed by atoms with E-state index in [-0.39, 0.29) is 30.8 Å². The van der Waals surface area contributed by atoms with E-state index < -0.39 is 15.7 Å². The van der Waals surface area contributed by atoms with Gasteiger partial charge in [-0.15, -0.1) is 0 Å². The third-order valence-electron chi connectivity index (χ3n) is 3.22. The van der Waals surface area contributed by atoms with Crippen LogP contribution >= 0.6 is 11.6 Å². The second-order valence-corrected chi connectivity index (χ2v) is 7.15. The van der Waals surface area contributed by atoms with E-state index in [4.69, 9.17) is 11.6 Å². The Morgan fingerprint density at radius 3 is 2.22 bits per heavy atom. The first-order valence-corrected chi connectivity index (χ1v) is 7.58. The van der Waals surface area contributed by atoms with Crippen molar-refractivity contribution in [2.24, 2.45) is 0 Å². The summed E-state index contributed by atoms with van der Waals surface area (Å²) in [6, 6.07) is 6.02. The van der Waals surface area contributed by atoms with Gasteiger partial charge in [0.25, 0.3) is 0 Å². The molecule has 1 saturated heterocycles. The van der Waals surface area contributed by atoms with Crippen LogP contribution in [-0.2, 0) is 10.0 Å². The molecule has 0 atom stereocenters. The molecule has 0 bridgehead atoms. The van der Waals surface area contributed by atoms with Crippen molar-refractivity contribution in [1.82, 2.24) is 4.31 Å². The summed E-state index contributed by atoms with van der Waals surface area (Å²) in [6.07, 6.45) is 0.472. The number of hydrogen-bond donors (Lipinski definition) is 0. The van der Waals surface area contributed by atoms with Crippen LogP contribution in [0.5, 0.6) is 0 Å². The van der Waals surface area contributed by atoms with E-state index in [9.17, 15) is 12.8 Å². The molecule has 1 aromatic carbocycles. The molecular weight excluding hydrogens is 277 g/mol. The largest absolute Gasteiger partial charge is 0.244 e. The molecule has 2 rings (SSSR count). The van der Waals surface area contributed by atoms with E-state index in [0.717, 1.165) is 0 Å². The van der Waals surface area contributed by atoms with Crippen molar-refractivity contribution in [3.05, 3.63) is 29.3 Å². The van der Waals surface area contributed by atoms with Crippen molar-refractivity contribution >= 4 is 21.6 Å². The Balaban J connectivity index is 2.20. The third-order valence-corrected chi connectivity index (χ3v) is 5.38. The number of rotatable bonds is 2. The minimum Gasteiger partial charge on any atom is -0.244 e. The Bertz CT molecular complexity index is 518. The fourth-order valence-corrected chi connectivity index (χ4v) is 3.52. The van der Waals surface area contributed by atoms with Gasteiger partial charge in [0.2, 0.25) is 10.0 Å². The molecule has 3 nitrogen and oxygen atoms in total. The van der Waals surface area contributed by atoms with Gasteiger partial charge in [-0.1, -0.05) is 11.6 Å². The fraction of sp³-hybridized carbons (Fsp3) is 0.500. The van der Waals surface area contributed by atoms with E-state index in [1.807, 2.05) is 0 Å². The van der Waals surface area contributed by atoms with Crippen LogP contribution in [0.4, 0.5) is 4.39 Å². The van der Waals surface area contributed by atoms with Crippen LogP contribution in [0.15, 0.2) is 29.2 Å². The van der Waals surface area contributed by atoms with Crippen LogP contribution < -0.4 is 0 Å². The lowest BCUT2D eigenvalue weighted by Crippen LogP contribution is -2.43. The lowest BCUT2D eigenvalue weighted by molar-refractivity contribution is 0.108. The molecule has 0 aliphatic carbocycles. The highest BCUT2D eigenvalue weighted by Gasteiger charge is 2.35. The molecule has 0 unspecified atom stereocenters. The monoisotopic (exact) mass is 291 g/mol. The van der Waals surface area contributed by atoms with Crippen LogP contribution in [0, 0.1) is 0 Å². The Labute approximate surface area is 112 Å². The second kappa shape index (κ2) is 4.79. The number of sulfonamides is 1. The first kappa shape index (κ1) is 13.8. The first-order chi connectivity index (χ1) is 8.31. The van der Waals surface area contributed by atoms with Crippen molar-refractivity contribution in [3.8, 4) is 0 Å². The zero-order valence-electron chi connectivity index (χ0n) is 10.1. The molecule has 1 heterocycles. The molecule has 6 heteroatoms. The molecule has 0 aromatic heterocycles. The summed E-state index contributed by atoms with van der Waals surface area (Å²) in [6.45, 7) is 1.95. The Hall–Kier alpha value is -0.650. The van der Waals surface area contributed by atoms with Crippen molar-refractivity contribution in [1.29, 1.82) is 0 Å². The maximum atomic E-state index is 13.6. The van der Waals surface area contributed by atoms with Gasteiger partial charge in [0.1, 0.15) is 5.67 Å². The summed E-state index contributed by atoms with van der Waals surface area (Å²) in [4.78, 5) is 0.203. The van der Waals surface area contributed by atoms with E-state index in [2.05, 4.69) is 0 Å². The summed E-state index contributed by atoms with van der Waals surface area (Å²) in [5.41, 5.74) is -1.26. The molecule has 0 radical (unpaired) electrons. The normalized spacial score (nSPS) is 20.8. The van der Waals surface area contributed by atoms with Crippen LogP contribution in [0.1, 0.15) is 19.8 Å². The lowest BCUT2D eigenvalue weighted by atomic mass is 9.97. The zero-order valence-corrected chi connectivity index (χ0v) is 11.6. The van der Waals surface area contributed by atoms with Crippen LogP contribution in [0.3, 0.4) is 0 Å². The van der Waals surface area contributed by atoms with Crippen molar-refractivity contribution < 1.29 is 12.8 Å². The van der Waals surface area contributed by atoms with Gasteiger partial charge in [0.05, 0.1) is 4.90 Å². The number of halogens is 2. The van der Waals surface area contributed by atoms with E-state index in [1.165, 1.54) is 35.5 Å². The highest BCUT2D eigenvalue weighted by atomic mass is 35.5. The summed E-state index contributed by atoms with van der Waals surface area (Å²) in [5.74, 6) is 0. The predicted octanol–water partition coefficient (Wildman–Crippen LogP) is 2.85. The number of benzene rings is 1. The van der Waals surface area contributed by atoms with Crippen molar-refractivity contribution in [2.75, 3.05) is 13.1 Å². The highest BCUT2D eigenvalue weighted by Crippen LogP contribution is 2.29. The van der Waals surface area contributed by atoms with Gasteiger partial charge in [0, 0.05) is 18.1 Å². The van der Waals surface area contributed by atoms with E-state index >= 15 is 0 Å². The Morgan fingerprint density at radius 1 is 1.22 bits per heavy atom. The molecule has 1 aliphatic heterocycles. The molecule has 1 aromatic rings. The number of hydrogen-bond acceptors (Lipinski definition) is 2. The van der Waals surface area contributed by atoms with Gasteiger partial charge in [-0.3, -0.25) is 0 Å². The molecular formula is C12H15ClFNO2S. The molecule has 1 fully saturated rings. The van der Waals surface area contributed by atoms with Crippen molar-refractivity contribution in [2.45, 2.75) is 30.3 Å². The Morgan fingerprint density at radius 2 is 1.72 bits per heavy atom. The first-order valence-electron chi connectivity index (χ1n) is 5.76. The molecule has 0 saturated carbocycles. The molecule has 0 amide bonds. The summed E-state index contributed by atoms with van der Waals surface area (Å²) in [5, 5.41) is 0.490. The molecule has 1 aliphatic rings. The number of piperidine rings is 1. The third kappa shape index (κ3) is 2.84.